The quantitative estimate of drug-likeness (QED) is 0.343. The molecule has 0 aromatic heterocycles. The summed E-state index contributed by atoms with van der Waals surface area (Å²) >= 11 is 0. The maximum absolute atomic E-state index is 11.3. The molecule has 0 fully saturated rings. The van der Waals surface area contributed by atoms with Gasteiger partial charge in [0.25, 0.3) is 0 Å². The smallest absolute Gasteiger partial charge is 0.309 e. The summed E-state index contributed by atoms with van der Waals surface area (Å²) in [5.74, 6) is -1.11. The van der Waals surface area contributed by atoms with E-state index >= 15 is 0 Å². The maximum Gasteiger partial charge on any atom is 0.309 e. The second kappa shape index (κ2) is 13.3. The van der Waals surface area contributed by atoms with E-state index in [0.717, 1.165) is 38.5 Å². The molecule has 0 radical (unpaired) electrons. The lowest BCUT2D eigenvalue weighted by Gasteiger charge is -2.29. The minimum atomic E-state index is -0.688. The highest BCUT2D eigenvalue weighted by molar-refractivity contribution is 5.74. The van der Waals surface area contributed by atoms with Gasteiger partial charge in [-0.05, 0) is 32.6 Å². The van der Waals surface area contributed by atoms with Crippen LogP contribution in [0.1, 0.15) is 104 Å². The van der Waals surface area contributed by atoms with Gasteiger partial charge in [-0.2, -0.15) is 0 Å². The first-order valence-electron chi connectivity index (χ1n) is 9.77. The number of aliphatic carboxylic acids is 2. The van der Waals surface area contributed by atoms with E-state index in [9.17, 15) is 14.7 Å². The fraction of sp³-hybridized carbons (Fsp3) is 0.900. The van der Waals surface area contributed by atoms with Crippen molar-refractivity contribution in [2.75, 3.05) is 0 Å². The molecule has 1 atom stereocenters. The van der Waals surface area contributed by atoms with Crippen LogP contribution in [0.4, 0.5) is 0 Å². The maximum atomic E-state index is 11.3. The topological polar surface area (TPSA) is 74.6 Å². The van der Waals surface area contributed by atoms with Crippen molar-refractivity contribution in [3.05, 3.63) is 0 Å². The van der Waals surface area contributed by atoms with E-state index in [4.69, 9.17) is 5.11 Å². The molecule has 0 saturated carbocycles. The van der Waals surface area contributed by atoms with Crippen LogP contribution in [0.3, 0.4) is 0 Å². The molecule has 0 bridgehead atoms. The number of hydrogen-bond donors (Lipinski definition) is 2. The molecule has 0 amide bonds. The van der Waals surface area contributed by atoms with Gasteiger partial charge in [0.2, 0.25) is 0 Å². The van der Waals surface area contributed by atoms with Gasteiger partial charge in [0.1, 0.15) is 0 Å². The molecular formula is C20H38O4. The van der Waals surface area contributed by atoms with Gasteiger partial charge >= 0.3 is 11.9 Å². The Kier molecular flexibility index (Phi) is 12.7. The summed E-state index contributed by atoms with van der Waals surface area (Å²) in [6, 6.07) is 0. The molecule has 0 aromatic carbocycles. The van der Waals surface area contributed by atoms with Crippen LogP contribution >= 0.6 is 0 Å². The van der Waals surface area contributed by atoms with Gasteiger partial charge in [-0.3, -0.25) is 9.59 Å². The predicted octanol–water partition coefficient (Wildman–Crippen LogP) is 5.89. The fourth-order valence-electron chi connectivity index (χ4n) is 3.33. The third kappa shape index (κ3) is 10.7. The molecule has 0 aromatic rings. The van der Waals surface area contributed by atoms with Crippen molar-refractivity contribution in [2.45, 2.75) is 104 Å². The van der Waals surface area contributed by atoms with Gasteiger partial charge in [0.05, 0.1) is 5.41 Å². The Bertz CT molecular complexity index is 350. The molecule has 0 saturated heterocycles. The Morgan fingerprint density at radius 1 is 0.792 bits per heavy atom. The van der Waals surface area contributed by atoms with Crippen LogP contribution in [-0.4, -0.2) is 22.2 Å². The molecule has 0 rings (SSSR count). The number of carbonyl (C=O) groups is 2. The zero-order chi connectivity index (χ0) is 18.4. The standard InChI is InChI=1S/C20H38O4/c1-4-17(20(2,3)19(23)24)15-13-11-9-7-5-6-8-10-12-14-16-18(21)22/h17H,4-16H2,1-3H3,(H,21,22)(H,23,24). The fourth-order valence-corrected chi connectivity index (χ4v) is 3.33. The Hall–Kier alpha value is -1.06. The lowest BCUT2D eigenvalue weighted by molar-refractivity contribution is -0.150. The van der Waals surface area contributed by atoms with Crippen molar-refractivity contribution in [1.82, 2.24) is 0 Å². The second-order valence-corrected chi connectivity index (χ2v) is 7.60. The highest BCUT2D eigenvalue weighted by Crippen LogP contribution is 2.33. The number of rotatable bonds is 16. The monoisotopic (exact) mass is 342 g/mol. The zero-order valence-electron chi connectivity index (χ0n) is 16.0. The summed E-state index contributed by atoms with van der Waals surface area (Å²) in [5, 5.41) is 17.9. The first-order valence-corrected chi connectivity index (χ1v) is 9.77. The van der Waals surface area contributed by atoms with Crippen molar-refractivity contribution in [1.29, 1.82) is 0 Å². The van der Waals surface area contributed by atoms with Crippen molar-refractivity contribution < 1.29 is 19.8 Å². The number of unbranched alkanes of at least 4 members (excludes halogenated alkanes) is 9. The van der Waals surface area contributed by atoms with Crippen molar-refractivity contribution in [2.24, 2.45) is 11.3 Å². The first-order chi connectivity index (χ1) is 11.3. The minimum absolute atomic E-state index is 0.265. The van der Waals surface area contributed by atoms with Crippen LogP contribution in [0.15, 0.2) is 0 Å². The average Bonchev–Trinajstić information content (AvgIpc) is 2.51. The summed E-state index contributed by atoms with van der Waals surface area (Å²) in [6.07, 6.45) is 13.8. The Balaban J connectivity index is 3.50. The van der Waals surface area contributed by atoms with Gasteiger partial charge in [-0.25, -0.2) is 0 Å². The van der Waals surface area contributed by atoms with Crippen molar-refractivity contribution >= 4 is 11.9 Å². The van der Waals surface area contributed by atoms with Crippen molar-refractivity contribution in [3.8, 4) is 0 Å². The molecule has 4 nitrogen and oxygen atoms in total. The van der Waals surface area contributed by atoms with Crippen LogP contribution in [0.2, 0.25) is 0 Å². The summed E-state index contributed by atoms with van der Waals surface area (Å²) < 4.78 is 0. The number of carboxylic acid groups (broad SMARTS) is 2. The number of carboxylic acids is 2. The Labute approximate surface area is 148 Å². The highest BCUT2D eigenvalue weighted by atomic mass is 16.4. The molecule has 0 aliphatic carbocycles. The second-order valence-electron chi connectivity index (χ2n) is 7.60. The minimum Gasteiger partial charge on any atom is -0.481 e. The highest BCUT2D eigenvalue weighted by Gasteiger charge is 2.34. The molecule has 2 N–H and O–H groups in total. The number of hydrogen-bond acceptors (Lipinski definition) is 2. The molecule has 1 unspecified atom stereocenters. The average molecular weight is 343 g/mol. The molecule has 0 aliphatic heterocycles. The van der Waals surface area contributed by atoms with E-state index in [1.165, 1.54) is 38.5 Å². The summed E-state index contributed by atoms with van der Waals surface area (Å²) in [4.78, 5) is 21.7. The van der Waals surface area contributed by atoms with Gasteiger partial charge in [0, 0.05) is 6.42 Å². The van der Waals surface area contributed by atoms with E-state index in [1.807, 2.05) is 13.8 Å². The van der Waals surface area contributed by atoms with Crippen LogP contribution < -0.4 is 0 Å². The molecular weight excluding hydrogens is 304 g/mol. The molecule has 0 spiro atoms. The van der Waals surface area contributed by atoms with E-state index in [1.54, 1.807) is 0 Å². The molecule has 142 valence electrons. The summed E-state index contributed by atoms with van der Waals surface area (Å²) in [6.45, 7) is 5.78. The Morgan fingerprint density at radius 3 is 1.58 bits per heavy atom. The largest absolute Gasteiger partial charge is 0.481 e. The van der Waals surface area contributed by atoms with E-state index in [-0.39, 0.29) is 5.92 Å². The van der Waals surface area contributed by atoms with Crippen LogP contribution in [-0.2, 0) is 9.59 Å². The SMILES string of the molecule is CCC(CCCCCCCCCCCCC(=O)O)C(C)(C)C(=O)O. The van der Waals surface area contributed by atoms with E-state index < -0.39 is 17.4 Å². The van der Waals surface area contributed by atoms with E-state index in [2.05, 4.69) is 6.92 Å². The van der Waals surface area contributed by atoms with Crippen LogP contribution in [0.5, 0.6) is 0 Å². The Morgan fingerprint density at radius 2 is 1.21 bits per heavy atom. The van der Waals surface area contributed by atoms with Crippen LogP contribution in [0.25, 0.3) is 0 Å². The third-order valence-corrected chi connectivity index (χ3v) is 5.26. The van der Waals surface area contributed by atoms with Gasteiger partial charge in [0.15, 0.2) is 0 Å². The molecule has 24 heavy (non-hydrogen) atoms. The normalized spacial score (nSPS) is 13.0. The molecule has 4 heteroatoms. The summed E-state index contributed by atoms with van der Waals surface area (Å²) in [7, 11) is 0. The van der Waals surface area contributed by atoms with Crippen LogP contribution in [0, 0.1) is 11.3 Å². The first kappa shape index (κ1) is 22.9. The third-order valence-electron chi connectivity index (χ3n) is 5.26. The van der Waals surface area contributed by atoms with Gasteiger partial charge < -0.3 is 10.2 Å². The molecule has 0 heterocycles. The lowest BCUT2D eigenvalue weighted by atomic mass is 9.74. The lowest BCUT2D eigenvalue weighted by Crippen LogP contribution is -2.32. The van der Waals surface area contributed by atoms with E-state index in [0.29, 0.717) is 6.42 Å². The molecule has 0 aliphatic rings. The zero-order valence-corrected chi connectivity index (χ0v) is 16.0. The predicted molar refractivity (Wildman–Crippen MR) is 98.2 cm³/mol. The van der Waals surface area contributed by atoms with Gasteiger partial charge in [-0.15, -0.1) is 0 Å². The van der Waals surface area contributed by atoms with Gasteiger partial charge in [-0.1, -0.05) is 71.1 Å². The van der Waals surface area contributed by atoms with Crippen molar-refractivity contribution in [3.63, 3.8) is 0 Å². The summed E-state index contributed by atoms with van der Waals surface area (Å²) in [5.41, 5.74) is -0.616.